The molecular formula is C25H24N4O. The van der Waals surface area contributed by atoms with Crippen LogP contribution in [0.4, 0.5) is 0 Å². The lowest BCUT2D eigenvalue weighted by Crippen LogP contribution is -2.23. The van der Waals surface area contributed by atoms with Crippen molar-refractivity contribution in [1.29, 1.82) is 0 Å². The summed E-state index contributed by atoms with van der Waals surface area (Å²) in [7, 11) is 0. The third kappa shape index (κ3) is 3.47. The number of hydrogen-bond acceptors (Lipinski definition) is 3. The molecule has 1 aliphatic carbocycles. The smallest absolute Gasteiger partial charge is 0.252 e. The zero-order valence-corrected chi connectivity index (χ0v) is 17.2. The fraction of sp³-hybridized carbons (Fsp3) is 0.240. The van der Waals surface area contributed by atoms with E-state index in [2.05, 4.69) is 24.4 Å². The predicted octanol–water partition coefficient (Wildman–Crippen LogP) is 4.84. The second-order valence-corrected chi connectivity index (χ2v) is 8.07. The first-order valence-corrected chi connectivity index (χ1v) is 10.4. The van der Waals surface area contributed by atoms with Gasteiger partial charge in [0.1, 0.15) is 0 Å². The molecule has 0 aliphatic heterocycles. The number of nitrogens with one attached hydrogen (secondary N) is 1. The molecule has 150 valence electrons. The Morgan fingerprint density at radius 2 is 1.87 bits per heavy atom. The number of aromatic nitrogens is 3. The molecule has 1 fully saturated rings. The van der Waals surface area contributed by atoms with Gasteiger partial charge in [-0.25, -0.2) is 9.67 Å². The molecule has 2 heterocycles. The molecule has 1 aliphatic rings. The van der Waals surface area contributed by atoms with Crippen molar-refractivity contribution in [3.63, 3.8) is 0 Å². The van der Waals surface area contributed by atoms with E-state index in [4.69, 9.17) is 10.1 Å². The summed E-state index contributed by atoms with van der Waals surface area (Å²) in [4.78, 5) is 18.2. The fourth-order valence-corrected chi connectivity index (χ4v) is 3.92. The van der Waals surface area contributed by atoms with Crippen LogP contribution in [-0.4, -0.2) is 20.7 Å². The van der Waals surface area contributed by atoms with Crippen molar-refractivity contribution < 1.29 is 4.79 Å². The van der Waals surface area contributed by atoms with E-state index >= 15 is 0 Å². The third-order valence-electron chi connectivity index (χ3n) is 5.61. The van der Waals surface area contributed by atoms with Crippen LogP contribution in [0.3, 0.4) is 0 Å². The molecule has 0 bridgehead atoms. The minimum absolute atomic E-state index is 0.0819. The van der Waals surface area contributed by atoms with Crippen molar-refractivity contribution in [2.24, 2.45) is 0 Å². The van der Waals surface area contributed by atoms with Gasteiger partial charge in [0, 0.05) is 18.2 Å². The summed E-state index contributed by atoms with van der Waals surface area (Å²) in [5.41, 5.74) is 6.43. The Kier molecular flexibility index (Phi) is 4.58. The van der Waals surface area contributed by atoms with E-state index in [-0.39, 0.29) is 5.91 Å². The highest BCUT2D eigenvalue weighted by atomic mass is 16.1. The molecule has 5 heteroatoms. The maximum Gasteiger partial charge on any atom is 0.252 e. The Labute approximate surface area is 175 Å². The standard InChI is InChI=1S/C25H24N4O/c1-16-7-6-8-18(13-16)15-26-25(30)21-14-22(19-11-12-19)27-24-23(21)17(2)28-29(24)20-9-4-3-5-10-20/h3-10,13-14,19H,11-12,15H2,1-2H3,(H,26,30). The zero-order valence-electron chi connectivity index (χ0n) is 17.2. The van der Waals surface area contributed by atoms with E-state index < -0.39 is 0 Å². The Hall–Kier alpha value is -3.47. The van der Waals surface area contributed by atoms with Crippen molar-refractivity contribution in [3.05, 3.63) is 88.7 Å². The molecule has 0 radical (unpaired) electrons. The summed E-state index contributed by atoms with van der Waals surface area (Å²) in [6.07, 6.45) is 2.25. The lowest BCUT2D eigenvalue weighted by atomic mass is 10.1. The van der Waals surface area contributed by atoms with Gasteiger partial charge in [-0.2, -0.15) is 5.10 Å². The summed E-state index contributed by atoms with van der Waals surface area (Å²) in [5.74, 6) is 0.360. The minimum Gasteiger partial charge on any atom is -0.348 e. The number of para-hydroxylation sites is 1. The van der Waals surface area contributed by atoms with Crippen molar-refractivity contribution in [1.82, 2.24) is 20.1 Å². The first-order valence-electron chi connectivity index (χ1n) is 10.4. The molecule has 0 saturated heterocycles. The van der Waals surface area contributed by atoms with Gasteiger partial charge in [0.15, 0.2) is 5.65 Å². The lowest BCUT2D eigenvalue weighted by molar-refractivity contribution is 0.0952. The summed E-state index contributed by atoms with van der Waals surface area (Å²) in [5, 5.41) is 8.65. The van der Waals surface area contributed by atoms with Gasteiger partial charge in [-0.05, 0) is 50.5 Å². The molecule has 5 rings (SSSR count). The highest BCUT2D eigenvalue weighted by molar-refractivity contribution is 6.06. The van der Waals surface area contributed by atoms with Gasteiger partial charge in [0.2, 0.25) is 0 Å². The number of hydrogen-bond donors (Lipinski definition) is 1. The summed E-state index contributed by atoms with van der Waals surface area (Å²) in [6, 6.07) is 20.1. The van der Waals surface area contributed by atoms with Gasteiger partial charge in [-0.1, -0.05) is 48.0 Å². The van der Waals surface area contributed by atoms with Gasteiger partial charge in [0.05, 0.1) is 22.3 Å². The van der Waals surface area contributed by atoms with Crippen molar-refractivity contribution in [2.75, 3.05) is 0 Å². The van der Waals surface area contributed by atoms with E-state index in [9.17, 15) is 4.79 Å². The zero-order chi connectivity index (χ0) is 20.7. The molecule has 0 atom stereocenters. The predicted molar refractivity (Wildman–Crippen MR) is 118 cm³/mol. The number of amides is 1. The average Bonchev–Trinajstić information content (AvgIpc) is 3.56. The van der Waals surface area contributed by atoms with Crippen LogP contribution in [0.15, 0.2) is 60.7 Å². The van der Waals surface area contributed by atoms with E-state index in [0.29, 0.717) is 18.0 Å². The first kappa shape index (κ1) is 18.6. The van der Waals surface area contributed by atoms with Gasteiger partial charge < -0.3 is 5.32 Å². The Morgan fingerprint density at radius 1 is 1.07 bits per heavy atom. The van der Waals surface area contributed by atoms with Crippen LogP contribution in [0.2, 0.25) is 0 Å². The number of carbonyl (C=O) groups excluding carboxylic acids is 1. The molecule has 30 heavy (non-hydrogen) atoms. The van der Waals surface area contributed by atoms with Gasteiger partial charge in [-0.3, -0.25) is 4.79 Å². The lowest BCUT2D eigenvalue weighted by Gasteiger charge is -2.10. The third-order valence-corrected chi connectivity index (χ3v) is 5.61. The highest BCUT2D eigenvalue weighted by Crippen LogP contribution is 2.40. The van der Waals surface area contributed by atoms with Crippen LogP contribution < -0.4 is 5.32 Å². The van der Waals surface area contributed by atoms with Gasteiger partial charge >= 0.3 is 0 Å². The number of benzene rings is 2. The molecule has 2 aromatic carbocycles. The van der Waals surface area contributed by atoms with E-state index in [1.807, 2.05) is 60.1 Å². The largest absolute Gasteiger partial charge is 0.348 e. The number of carbonyl (C=O) groups is 1. The topological polar surface area (TPSA) is 59.8 Å². The normalized spacial score (nSPS) is 13.5. The molecular weight excluding hydrogens is 372 g/mol. The SMILES string of the molecule is Cc1cccc(CNC(=O)c2cc(C3CC3)nc3c2c(C)nn3-c2ccccc2)c1. The second-order valence-electron chi connectivity index (χ2n) is 8.07. The van der Waals surface area contributed by atoms with Crippen LogP contribution in [0.1, 0.15) is 51.6 Å². The fourth-order valence-electron chi connectivity index (χ4n) is 3.92. The number of aryl methyl sites for hydroxylation is 2. The summed E-state index contributed by atoms with van der Waals surface area (Å²) in [6.45, 7) is 4.49. The minimum atomic E-state index is -0.0819. The number of fused-ring (bicyclic) bond motifs is 1. The van der Waals surface area contributed by atoms with Crippen molar-refractivity contribution >= 4 is 16.9 Å². The Bertz CT molecular complexity index is 1240. The molecule has 0 unspecified atom stereocenters. The van der Waals surface area contributed by atoms with E-state index in [1.165, 1.54) is 5.56 Å². The van der Waals surface area contributed by atoms with E-state index in [0.717, 1.165) is 46.5 Å². The Balaban J connectivity index is 1.57. The second kappa shape index (κ2) is 7.41. The molecule has 1 saturated carbocycles. The number of nitrogens with zero attached hydrogens (tertiary/aromatic N) is 3. The maximum atomic E-state index is 13.2. The van der Waals surface area contributed by atoms with Crippen LogP contribution in [0.25, 0.3) is 16.7 Å². The molecule has 5 nitrogen and oxygen atoms in total. The van der Waals surface area contributed by atoms with Gasteiger partial charge in [0.25, 0.3) is 5.91 Å². The van der Waals surface area contributed by atoms with Gasteiger partial charge in [-0.15, -0.1) is 0 Å². The molecule has 2 aromatic heterocycles. The van der Waals surface area contributed by atoms with Crippen molar-refractivity contribution in [3.8, 4) is 5.69 Å². The molecule has 1 N–H and O–H groups in total. The molecule has 1 amide bonds. The number of pyridine rings is 1. The molecule has 0 spiro atoms. The van der Waals surface area contributed by atoms with Crippen molar-refractivity contribution in [2.45, 2.75) is 39.2 Å². The first-order chi connectivity index (χ1) is 14.6. The summed E-state index contributed by atoms with van der Waals surface area (Å²) < 4.78 is 1.86. The van der Waals surface area contributed by atoms with Crippen LogP contribution >= 0.6 is 0 Å². The van der Waals surface area contributed by atoms with Crippen LogP contribution in [-0.2, 0) is 6.54 Å². The number of rotatable bonds is 5. The van der Waals surface area contributed by atoms with Crippen LogP contribution in [0, 0.1) is 13.8 Å². The molecule has 4 aromatic rings. The average molecular weight is 396 g/mol. The maximum absolute atomic E-state index is 13.2. The quantitative estimate of drug-likeness (QED) is 0.525. The Morgan fingerprint density at radius 3 is 2.60 bits per heavy atom. The monoisotopic (exact) mass is 396 g/mol. The summed E-state index contributed by atoms with van der Waals surface area (Å²) >= 11 is 0. The van der Waals surface area contributed by atoms with E-state index in [1.54, 1.807) is 0 Å². The van der Waals surface area contributed by atoms with Crippen LogP contribution in [0.5, 0.6) is 0 Å². The highest BCUT2D eigenvalue weighted by Gasteiger charge is 2.29.